The highest BCUT2D eigenvalue weighted by Crippen LogP contribution is 2.44. The Kier molecular flexibility index (Phi) is 8.02. The first-order valence-electron chi connectivity index (χ1n) is 12.2. The number of nitrogens with one attached hydrogen (secondary N) is 2. The maximum atomic E-state index is 12.8. The van der Waals surface area contributed by atoms with E-state index in [-0.39, 0.29) is 12.5 Å². The number of carbonyl (C=O) groups excluding carboxylic acids is 2. The maximum Gasteiger partial charge on any atom is 0.407 e. The van der Waals surface area contributed by atoms with Gasteiger partial charge in [-0.15, -0.1) is 0 Å². The summed E-state index contributed by atoms with van der Waals surface area (Å²) in [6, 6.07) is 15.3. The largest absolute Gasteiger partial charge is 0.479 e. The van der Waals surface area contributed by atoms with E-state index in [1.165, 1.54) is 13.3 Å². The lowest BCUT2D eigenvalue weighted by molar-refractivity contribution is -0.159. The number of ether oxygens (including phenoxy) is 1. The third-order valence-electron chi connectivity index (χ3n) is 6.93. The van der Waals surface area contributed by atoms with Crippen LogP contribution in [0.5, 0.6) is 0 Å². The van der Waals surface area contributed by atoms with Crippen molar-refractivity contribution < 1.29 is 29.1 Å². The zero-order valence-electron chi connectivity index (χ0n) is 19.9. The van der Waals surface area contributed by atoms with Crippen molar-refractivity contribution in [3.05, 3.63) is 59.7 Å². The minimum atomic E-state index is -1.20. The molecule has 0 heterocycles. The smallest absolute Gasteiger partial charge is 0.407 e. The maximum absolute atomic E-state index is 12.8. The predicted molar refractivity (Wildman–Crippen MR) is 130 cm³/mol. The Bertz CT molecular complexity index is 1020. The van der Waals surface area contributed by atoms with Gasteiger partial charge in [0, 0.05) is 5.92 Å². The molecular weight excluding hydrogens is 448 g/mol. The van der Waals surface area contributed by atoms with Crippen molar-refractivity contribution in [2.45, 2.75) is 63.5 Å². The number of amides is 2. The second kappa shape index (κ2) is 11.4. The molecule has 8 nitrogen and oxygen atoms in total. The second-order valence-corrected chi connectivity index (χ2v) is 9.33. The van der Waals surface area contributed by atoms with Crippen LogP contribution in [0.3, 0.4) is 0 Å². The van der Waals surface area contributed by atoms with Gasteiger partial charge in [0.1, 0.15) is 12.6 Å². The summed E-state index contributed by atoms with van der Waals surface area (Å²) in [6.07, 6.45) is 3.89. The van der Waals surface area contributed by atoms with Crippen molar-refractivity contribution in [2.24, 2.45) is 5.92 Å². The third kappa shape index (κ3) is 6.00. The van der Waals surface area contributed by atoms with Crippen LogP contribution in [0.4, 0.5) is 4.79 Å². The van der Waals surface area contributed by atoms with E-state index in [1.54, 1.807) is 0 Å². The average molecular weight is 481 g/mol. The highest BCUT2D eigenvalue weighted by atomic mass is 16.7. The van der Waals surface area contributed by atoms with E-state index in [9.17, 15) is 14.4 Å². The zero-order valence-corrected chi connectivity index (χ0v) is 19.9. The average Bonchev–Trinajstić information content (AvgIpc) is 3.19. The van der Waals surface area contributed by atoms with Crippen molar-refractivity contribution in [3.63, 3.8) is 0 Å². The second-order valence-electron chi connectivity index (χ2n) is 9.33. The topological polar surface area (TPSA) is 114 Å². The number of hydroxylamine groups is 1. The normalized spacial score (nSPS) is 17.1. The van der Waals surface area contributed by atoms with Gasteiger partial charge < -0.3 is 15.2 Å². The molecule has 8 heteroatoms. The molecule has 2 aromatic carbocycles. The number of carboxylic acid groups (broad SMARTS) is 1. The van der Waals surface area contributed by atoms with Crippen molar-refractivity contribution >= 4 is 18.0 Å². The number of benzene rings is 2. The minimum absolute atomic E-state index is 0.0847. The molecule has 2 unspecified atom stereocenters. The molecule has 2 aliphatic carbocycles. The summed E-state index contributed by atoms with van der Waals surface area (Å²) in [4.78, 5) is 41.5. The van der Waals surface area contributed by atoms with Crippen LogP contribution in [-0.2, 0) is 19.2 Å². The number of fused-ring (bicyclic) bond motifs is 3. The highest BCUT2D eigenvalue weighted by Gasteiger charge is 2.31. The van der Waals surface area contributed by atoms with Crippen LogP contribution in [0.1, 0.15) is 62.5 Å². The number of aliphatic carboxylic acids is 1. The fourth-order valence-electron chi connectivity index (χ4n) is 5.04. The van der Waals surface area contributed by atoms with E-state index in [0.29, 0.717) is 12.3 Å². The molecule has 0 spiro atoms. The SMILES string of the molecule is CC(ONC(=O)C(CC1CCCCC1)NC(=O)OCC1c2ccccc2-c2ccccc21)C(=O)O. The summed E-state index contributed by atoms with van der Waals surface area (Å²) in [7, 11) is 0. The molecule has 0 saturated heterocycles. The molecule has 0 bridgehead atoms. The van der Waals surface area contributed by atoms with Crippen LogP contribution in [-0.4, -0.2) is 41.8 Å². The van der Waals surface area contributed by atoms with Gasteiger partial charge in [-0.2, -0.15) is 0 Å². The Morgan fingerprint density at radius 2 is 1.57 bits per heavy atom. The number of rotatable bonds is 9. The van der Waals surface area contributed by atoms with Gasteiger partial charge in [-0.3, -0.25) is 9.63 Å². The van der Waals surface area contributed by atoms with Crippen LogP contribution < -0.4 is 10.8 Å². The number of carbonyl (C=O) groups is 3. The van der Waals surface area contributed by atoms with E-state index < -0.39 is 30.1 Å². The van der Waals surface area contributed by atoms with Gasteiger partial charge in [-0.05, 0) is 41.5 Å². The molecule has 1 saturated carbocycles. The fourth-order valence-corrected chi connectivity index (χ4v) is 5.04. The Morgan fingerprint density at radius 1 is 0.971 bits per heavy atom. The Morgan fingerprint density at radius 3 is 2.17 bits per heavy atom. The Hall–Kier alpha value is -3.39. The van der Waals surface area contributed by atoms with Crippen LogP contribution in [0, 0.1) is 5.92 Å². The number of hydrogen-bond donors (Lipinski definition) is 3. The van der Waals surface area contributed by atoms with Gasteiger partial charge >= 0.3 is 12.1 Å². The highest BCUT2D eigenvalue weighted by molar-refractivity contribution is 5.85. The first kappa shape index (κ1) is 24.7. The van der Waals surface area contributed by atoms with Crippen LogP contribution >= 0.6 is 0 Å². The van der Waals surface area contributed by atoms with Gasteiger partial charge in [-0.1, -0.05) is 80.6 Å². The van der Waals surface area contributed by atoms with Crippen LogP contribution in [0.2, 0.25) is 0 Å². The van der Waals surface area contributed by atoms with E-state index >= 15 is 0 Å². The lowest BCUT2D eigenvalue weighted by Gasteiger charge is -2.26. The molecule has 1 fully saturated rings. The van der Waals surface area contributed by atoms with Gasteiger partial charge in [0.25, 0.3) is 5.91 Å². The molecule has 2 amide bonds. The molecule has 35 heavy (non-hydrogen) atoms. The first-order valence-corrected chi connectivity index (χ1v) is 12.2. The third-order valence-corrected chi connectivity index (χ3v) is 6.93. The van der Waals surface area contributed by atoms with E-state index in [4.69, 9.17) is 14.7 Å². The van der Waals surface area contributed by atoms with Crippen molar-refractivity contribution in [1.82, 2.24) is 10.8 Å². The first-order chi connectivity index (χ1) is 16.9. The van der Waals surface area contributed by atoms with Gasteiger partial charge in [0.2, 0.25) is 0 Å². The summed E-state index contributed by atoms with van der Waals surface area (Å²) in [5, 5.41) is 11.7. The number of hydrogen-bond acceptors (Lipinski definition) is 5. The summed E-state index contributed by atoms with van der Waals surface area (Å²) in [5.41, 5.74) is 6.67. The fraction of sp³-hybridized carbons (Fsp3) is 0.444. The molecule has 0 radical (unpaired) electrons. The van der Waals surface area contributed by atoms with E-state index in [2.05, 4.69) is 22.9 Å². The minimum Gasteiger partial charge on any atom is -0.479 e. The van der Waals surface area contributed by atoms with E-state index in [0.717, 1.165) is 47.9 Å². The lowest BCUT2D eigenvalue weighted by atomic mass is 9.84. The van der Waals surface area contributed by atoms with Crippen LogP contribution in [0.15, 0.2) is 48.5 Å². The van der Waals surface area contributed by atoms with Crippen molar-refractivity contribution in [1.29, 1.82) is 0 Å². The summed E-state index contributed by atoms with van der Waals surface area (Å²) in [5.74, 6) is -1.57. The standard InChI is InChI=1S/C27H32N2O6/c1-17(26(31)32)35-29-25(30)24(15-18-9-3-2-4-10-18)28-27(33)34-16-23-21-13-7-5-11-19(21)20-12-6-8-14-22(20)23/h5-8,11-14,17-18,23-24H,2-4,9-10,15-16H2,1H3,(H,28,33)(H,29,30)(H,31,32). The monoisotopic (exact) mass is 480 g/mol. The molecule has 2 atom stereocenters. The van der Waals surface area contributed by atoms with Gasteiger partial charge in [0.15, 0.2) is 6.10 Å². The van der Waals surface area contributed by atoms with Gasteiger partial charge in [0.05, 0.1) is 0 Å². The van der Waals surface area contributed by atoms with Gasteiger partial charge in [-0.25, -0.2) is 15.1 Å². The molecule has 2 aliphatic rings. The molecular formula is C27H32N2O6. The van der Waals surface area contributed by atoms with Crippen molar-refractivity contribution in [2.75, 3.05) is 6.61 Å². The lowest BCUT2D eigenvalue weighted by Crippen LogP contribution is -2.49. The van der Waals surface area contributed by atoms with Crippen LogP contribution in [0.25, 0.3) is 11.1 Å². The molecule has 0 aromatic heterocycles. The summed E-state index contributed by atoms with van der Waals surface area (Å²) >= 11 is 0. The molecule has 3 N–H and O–H groups in total. The molecule has 0 aliphatic heterocycles. The Balaban J connectivity index is 1.40. The Labute approximate surface area is 205 Å². The molecule has 186 valence electrons. The molecule has 4 rings (SSSR count). The molecule has 2 aromatic rings. The zero-order chi connectivity index (χ0) is 24.8. The van der Waals surface area contributed by atoms with E-state index in [1.807, 2.05) is 36.4 Å². The van der Waals surface area contributed by atoms with Crippen molar-refractivity contribution in [3.8, 4) is 11.1 Å². The number of alkyl carbamates (subject to hydrolysis) is 1. The number of carboxylic acids is 1. The predicted octanol–water partition coefficient (Wildman–Crippen LogP) is 4.39. The summed E-state index contributed by atoms with van der Waals surface area (Å²) < 4.78 is 5.61. The quantitative estimate of drug-likeness (QED) is 0.459. The summed E-state index contributed by atoms with van der Waals surface area (Å²) in [6.45, 7) is 1.46.